The Morgan fingerprint density at radius 1 is 1.17 bits per heavy atom. The van der Waals surface area contributed by atoms with Crippen LogP contribution < -0.4 is 5.01 Å². The van der Waals surface area contributed by atoms with Gasteiger partial charge >= 0.3 is 0 Å². The second kappa shape index (κ2) is 9.96. The van der Waals surface area contributed by atoms with Crippen LogP contribution in [0.3, 0.4) is 0 Å². The fraction of sp³-hybridized carbons (Fsp3) is 0.269. The van der Waals surface area contributed by atoms with Crippen LogP contribution in [-0.4, -0.2) is 42.9 Å². The average Bonchev–Trinajstić information content (AvgIpc) is 3.54. The third-order valence-corrected chi connectivity index (χ3v) is 9.14. The van der Waals surface area contributed by atoms with Crippen LogP contribution in [0, 0.1) is 12.8 Å². The molecule has 0 bridgehead atoms. The summed E-state index contributed by atoms with van der Waals surface area (Å²) in [5.41, 5.74) is 2.16. The molecule has 0 atom stereocenters. The fourth-order valence-electron chi connectivity index (χ4n) is 4.04. The average molecular weight is 523 g/mol. The highest BCUT2D eigenvalue weighted by atomic mass is 32.2. The van der Waals surface area contributed by atoms with E-state index >= 15 is 0 Å². The van der Waals surface area contributed by atoms with Crippen molar-refractivity contribution in [2.45, 2.75) is 31.6 Å². The second-order valence-corrected chi connectivity index (χ2v) is 11.9. The van der Waals surface area contributed by atoms with Gasteiger partial charge in [-0.15, -0.1) is 0 Å². The number of sulfonamides is 1. The van der Waals surface area contributed by atoms with Gasteiger partial charge in [-0.3, -0.25) is 4.79 Å². The van der Waals surface area contributed by atoms with Crippen molar-refractivity contribution < 1.29 is 17.6 Å². The van der Waals surface area contributed by atoms with E-state index in [0.717, 1.165) is 28.6 Å². The number of anilines is 1. The first kappa shape index (κ1) is 24.4. The smallest absolute Gasteiger partial charge is 0.280 e. The minimum Gasteiger partial charge on any atom is -0.463 e. The maximum atomic E-state index is 13.5. The number of hydrogen-bond donors (Lipinski definition) is 0. The lowest BCUT2D eigenvalue weighted by Gasteiger charge is -2.29. The van der Waals surface area contributed by atoms with E-state index in [1.165, 1.54) is 57.4 Å². The molecule has 0 aliphatic carbocycles. The zero-order valence-electron chi connectivity index (χ0n) is 20.0. The van der Waals surface area contributed by atoms with Gasteiger partial charge in [-0.2, -0.15) is 14.4 Å². The maximum Gasteiger partial charge on any atom is 0.280 e. The second-order valence-electron chi connectivity index (χ2n) is 8.96. The van der Waals surface area contributed by atoms with E-state index in [2.05, 4.69) is 17.0 Å². The molecule has 5 rings (SSSR count). The number of rotatable bonds is 6. The lowest BCUT2D eigenvalue weighted by atomic mass is 10.0. The van der Waals surface area contributed by atoms with Crippen LogP contribution in [0.2, 0.25) is 0 Å². The number of fused-ring (bicyclic) bond motifs is 1. The molecule has 4 aromatic rings. The van der Waals surface area contributed by atoms with Crippen molar-refractivity contribution in [1.29, 1.82) is 0 Å². The van der Waals surface area contributed by atoms with Gasteiger partial charge in [0.05, 0.1) is 27.6 Å². The zero-order valence-corrected chi connectivity index (χ0v) is 21.6. The number of carbonyl (C=O) groups excluding carboxylic acids is 1. The highest BCUT2D eigenvalue weighted by Gasteiger charge is 2.29. The molecular weight excluding hydrogens is 496 g/mol. The Bertz CT molecular complexity index is 1500. The van der Waals surface area contributed by atoms with Crippen LogP contribution in [0.5, 0.6) is 0 Å². The van der Waals surface area contributed by atoms with Gasteiger partial charge in [-0.25, -0.2) is 13.4 Å². The summed E-state index contributed by atoms with van der Waals surface area (Å²) in [6, 6.07) is 15.4. The van der Waals surface area contributed by atoms with Crippen molar-refractivity contribution in [2.24, 2.45) is 11.0 Å². The normalized spacial score (nSPS) is 15.6. The van der Waals surface area contributed by atoms with Crippen LogP contribution in [0.1, 0.15) is 41.4 Å². The first-order chi connectivity index (χ1) is 17.3. The Morgan fingerprint density at radius 3 is 2.61 bits per heavy atom. The summed E-state index contributed by atoms with van der Waals surface area (Å²) in [5, 5.41) is 5.99. The molecule has 8 nitrogen and oxygen atoms in total. The summed E-state index contributed by atoms with van der Waals surface area (Å²) in [4.78, 5) is 18.3. The van der Waals surface area contributed by atoms with Crippen LogP contribution in [0.15, 0.2) is 75.3 Å². The third kappa shape index (κ3) is 4.97. The Balaban J connectivity index is 1.45. The van der Waals surface area contributed by atoms with Crippen LogP contribution >= 0.6 is 11.3 Å². The van der Waals surface area contributed by atoms with Crippen LogP contribution in [0.4, 0.5) is 5.13 Å². The van der Waals surface area contributed by atoms with Crippen LogP contribution in [0.25, 0.3) is 10.2 Å². The zero-order chi connectivity index (χ0) is 25.3. The van der Waals surface area contributed by atoms with Crippen molar-refractivity contribution in [3.63, 3.8) is 0 Å². The number of thiazole rings is 1. The number of furan rings is 1. The number of benzene rings is 2. The minimum atomic E-state index is -3.61. The van der Waals surface area contributed by atoms with Gasteiger partial charge in [0, 0.05) is 18.7 Å². The molecule has 186 valence electrons. The quantitative estimate of drug-likeness (QED) is 0.253. The molecule has 0 radical (unpaired) electrons. The van der Waals surface area contributed by atoms with Crippen molar-refractivity contribution in [3.8, 4) is 0 Å². The van der Waals surface area contributed by atoms with E-state index in [4.69, 9.17) is 4.42 Å². The van der Waals surface area contributed by atoms with Crippen molar-refractivity contribution in [2.75, 3.05) is 18.1 Å². The fourth-order valence-corrected chi connectivity index (χ4v) is 6.53. The molecule has 1 aliphatic heterocycles. The van der Waals surface area contributed by atoms with Gasteiger partial charge in [0.1, 0.15) is 5.76 Å². The van der Waals surface area contributed by atoms with Crippen molar-refractivity contribution in [1.82, 2.24) is 9.29 Å². The van der Waals surface area contributed by atoms with Gasteiger partial charge in [-0.05, 0) is 79.8 Å². The van der Waals surface area contributed by atoms with Gasteiger partial charge in [0.2, 0.25) is 15.2 Å². The number of aryl methyl sites for hydroxylation is 1. The van der Waals surface area contributed by atoms with E-state index in [1.54, 1.807) is 12.1 Å². The molecule has 0 spiro atoms. The minimum absolute atomic E-state index is 0.176. The van der Waals surface area contributed by atoms with E-state index in [0.29, 0.717) is 35.5 Å². The standard InChI is InChI=1S/C26H26N4O4S2/c1-18-11-13-29(14-12-18)36(32,33)22-8-6-20(7-9-22)25(31)30(27-17-21-4-3-15-34-21)26-28-23-10-5-19(2)16-24(23)35-26/h3-10,15-18H,11-14H2,1-2H3/b27-17+. The molecule has 36 heavy (non-hydrogen) atoms. The maximum absolute atomic E-state index is 13.5. The molecule has 2 aromatic heterocycles. The first-order valence-corrected chi connectivity index (χ1v) is 14.0. The van der Waals surface area contributed by atoms with E-state index in [1.807, 2.05) is 25.1 Å². The summed E-state index contributed by atoms with van der Waals surface area (Å²) in [7, 11) is -3.61. The predicted molar refractivity (Wildman–Crippen MR) is 141 cm³/mol. The third-order valence-electron chi connectivity index (χ3n) is 6.23. The molecule has 1 amide bonds. The lowest BCUT2D eigenvalue weighted by molar-refractivity contribution is 0.0987. The van der Waals surface area contributed by atoms with E-state index in [9.17, 15) is 13.2 Å². The Hall–Kier alpha value is -3.34. The summed E-state index contributed by atoms with van der Waals surface area (Å²) in [6.07, 6.45) is 4.67. The number of aromatic nitrogens is 1. The van der Waals surface area contributed by atoms with E-state index in [-0.39, 0.29) is 4.90 Å². The molecule has 3 heterocycles. The Labute approximate surface area is 213 Å². The summed E-state index contributed by atoms with van der Waals surface area (Å²) in [6.45, 7) is 5.15. The molecule has 1 saturated heterocycles. The molecule has 2 aromatic carbocycles. The van der Waals surface area contributed by atoms with E-state index < -0.39 is 15.9 Å². The highest BCUT2D eigenvalue weighted by Crippen LogP contribution is 2.31. The predicted octanol–water partition coefficient (Wildman–Crippen LogP) is 5.30. The summed E-state index contributed by atoms with van der Waals surface area (Å²) < 4.78 is 33.9. The Morgan fingerprint density at radius 2 is 1.92 bits per heavy atom. The molecule has 1 aliphatic rings. The Kier molecular flexibility index (Phi) is 6.74. The number of piperidine rings is 1. The van der Waals surface area contributed by atoms with Crippen molar-refractivity contribution >= 4 is 48.8 Å². The number of amides is 1. The summed E-state index contributed by atoms with van der Waals surface area (Å²) in [5.74, 6) is 0.585. The van der Waals surface area contributed by atoms with Crippen LogP contribution in [-0.2, 0) is 10.0 Å². The molecule has 0 N–H and O–H groups in total. The molecule has 10 heteroatoms. The lowest BCUT2D eigenvalue weighted by Crippen LogP contribution is -2.37. The number of nitrogens with zero attached hydrogens (tertiary/aromatic N) is 4. The van der Waals surface area contributed by atoms with Gasteiger partial charge in [-0.1, -0.05) is 24.3 Å². The largest absolute Gasteiger partial charge is 0.463 e. The van der Waals surface area contributed by atoms with Gasteiger partial charge in [0.25, 0.3) is 5.91 Å². The topological polar surface area (TPSA) is 96.1 Å². The van der Waals surface area contributed by atoms with Crippen molar-refractivity contribution in [3.05, 3.63) is 77.7 Å². The molecule has 1 fully saturated rings. The number of hydrazone groups is 1. The highest BCUT2D eigenvalue weighted by molar-refractivity contribution is 7.89. The first-order valence-electron chi connectivity index (χ1n) is 11.7. The van der Waals surface area contributed by atoms with Gasteiger partial charge in [0.15, 0.2) is 0 Å². The monoisotopic (exact) mass is 522 g/mol. The number of hydrogen-bond acceptors (Lipinski definition) is 7. The molecular formula is C26H26N4O4S2. The van der Waals surface area contributed by atoms with Gasteiger partial charge < -0.3 is 4.42 Å². The SMILES string of the molecule is Cc1ccc2nc(N(/N=C/c3ccco3)C(=O)c3ccc(S(=O)(=O)N4CCC(C)CC4)cc3)sc2c1. The molecule has 0 unspecified atom stereocenters. The molecule has 0 saturated carbocycles. The summed E-state index contributed by atoms with van der Waals surface area (Å²) >= 11 is 1.35. The number of carbonyl (C=O) groups is 1.